The minimum absolute atomic E-state index is 0.00195. The lowest BCUT2D eigenvalue weighted by molar-refractivity contribution is -0.140. The van der Waals surface area contributed by atoms with Crippen molar-refractivity contribution in [2.45, 2.75) is 37.4 Å². The van der Waals surface area contributed by atoms with E-state index in [9.17, 15) is 18.0 Å². The van der Waals surface area contributed by atoms with E-state index in [0.29, 0.717) is 19.3 Å². The highest BCUT2D eigenvalue weighted by Gasteiger charge is 2.30. The molecule has 6 heteroatoms. The van der Waals surface area contributed by atoms with E-state index in [1.54, 1.807) is 0 Å². The van der Waals surface area contributed by atoms with Gasteiger partial charge in [0.15, 0.2) is 9.84 Å². The standard InChI is InChI=1S/C10H16O5S/c1-15-10(12)5-6-16(13,14)9-4-2-3-8(11)7-9/h9H,2-7H2,1H3. The Hall–Kier alpha value is -0.910. The smallest absolute Gasteiger partial charge is 0.306 e. The number of ether oxygens (including phenoxy) is 1. The van der Waals surface area contributed by atoms with Gasteiger partial charge in [-0.3, -0.25) is 9.59 Å². The molecule has 0 aromatic rings. The van der Waals surface area contributed by atoms with Gasteiger partial charge in [-0.15, -0.1) is 0 Å². The van der Waals surface area contributed by atoms with Gasteiger partial charge in [-0.25, -0.2) is 8.42 Å². The van der Waals surface area contributed by atoms with Crippen molar-refractivity contribution in [3.63, 3.8) is 0 Å². The van der Waals surface area contributed by atoms with Crippen molar-refractivity contribution >= 4 is 21.6 Å². The van der Waals surface area contributed by atoms with E-state index in [2.05, 4.69) is 4.74 Å². The van der Waals surface area contributed by atoms with Crippen LogP contribution in [0.15, 0.2) is 0 Å². The van der Waals surface area contributed by atoms with Crippen LogP contribution < -0.4 is 0 Å². The zero-order valence-corrected chi connectivity index (χ0v) is 10.1. The largest absolute Gasteiger partial charge is 0.469 e. The summed E-state index contributed by atoms with van der Waals surface area (Å²) in [5.74, 6) is -0.763. The maximum absolute atomic E-state index is 11.8. The summed E-state index contributed by atoms with van der Waals surface area (Å²) in [5, 5.41) is -0.599. The summed E-state index contributed by atoms with van der Waals surface area (Å²) in [5.41, 5.74) is 0. The highest BCUT2D eigenvalue weighted by molar-refractivity contribution is 7.92. The Morgan fingerprint density at radius 3 is 2.75 bits per heavy atom. The monoisotopic (exact) mass is 248 g/mol. The molecule has 0 saturated heterocycles. The molecule has 0 amide bonds. The second-order valence-electron chi connectivity index (χ2n) is 3.95. The fourth-order valence-electron chi connectivity index (χ4n) is 1.79. The minimum atomic E-state index is -3.34. The molecule has 0 bridgehead atoms. The molecule has 0 aliphatic heterocycles. The van der Waals surface area contributed by atoms with Gasteiger partial charge in [0.1, 0.15) is 5.78 Å². The minimum Gasteiger partial charge on any atom is -0.469 e. The Kier molecular flexibility index (Phi) is 4.46. The van der Waals surface area contributed by atoms with Crippen LogP contribution in [-0.4, -0.2) is 38.3 Å². The van der Waals surface area contributed by atoms with Crippen LogP contribution in [0, 0.1) is 0 Å². The fraction of sp³-hybridized carbons (Fsp3) is 0.800. The lowest BCUT2D eigenvalue weighted by Crippen LogP contribution is -2.31. The second-order valence-corrected chi connectivity index (χ2v) is 6.35. The molecule has 1 atom stereocenters. The summed E-state index contributed by atoms with van der Waals surface area (Å²) < 4.78 is 28.0. The molecule has 1 rings (SSSR count). The van der Waals surface area contributed by atoms with Crippen molar-refractivity contribution < 1.29 is 22.7 Å². The number of hydrogen-bond acceptors (Lipinski definition) is 5. The third-order valence-corrected chi connectivity index (χ3v) is 4.95. The van der Waals surface area contributed by atoms with E-state index < -0.39 is 21.1 Å². The maximum Gasteiger partial charge on any atom is 0.306 e. The Morgan fingerprint density at radius 2 is 2.19 bits per heavy atom. The number of carbonyl (C=O) groups excluding carboxylic acids is 2. The number of ketones is 1. The lowest BCUT2D eigenvalue weighted by Gasteiger charge is -2.20. The van der Waals surface area contributed by atoms with E-state index >= 15 is 0 Å². The highest BCUT2D eigenvalue weighted by atomic mass is 32.2. The Labute approximate surface area is 95.1 Å². The van der Waals surface area contributed by atoms with E-state index in [-0.39, 0.29) is 24.4 Å². The Morgan fingerprint density at radius 1 is 1.50 bits per heavy atom. The summed E-state index contributed by atoms with van der Waals surface area (Å²) in [6, 6.07) is 0. The summed E-state index contributed by atoms with van der Waals surface area (Å²) >= 11 is 0. The molecule has 0 radical (unpaired) electrons. The van der Waals surface area contributed by atoms with Gasteiger partial charge in [-0.1, -0.05) is 0 Å². The quantitative estimate of drug-likeness (QED) is 0.676. The Bertz CT molecular complexity index is 371. The van der Waals surface area contributed by atoms with Crippen LogP contribution in [-0.2, 0) is 24.2 Å². The number of carbonyl (C=O) groups is 2. The molecule has 1 aliphatic rings. The first kappa shape index (κ1) is 13.2. The van der Waals surface area contributed by atoms with Crippen LogP contribution in [0.1, 0.15) is 32.1 Å². The lowest BCUT2D eigenvalue weighted by atomic mass is 9.99. The fourth-order valence-corrected chi connectivity index (χ4v) is 3.54. The summed E-state index contributed by atoms with van der Waals surface area (Å²) in [6.45, 7) is 0. The third-order valence-electron chi connectivity index (χ3n) is 2.76. The normalized spacial score (nSPS) is 21.8. The van der Waals surface area contributed by atoms with Crippen LogP contribution in [0.4, 0.5) is 0 Å². The number of methoxy groups -OCH3 is 1. The van der Waals surface area contributed by atoms with Gasteiger partial charge in [0, 0.05) is 12.8 Å². The van der Waals surface area contributed by atoms with Gasteiger partial charge in [-0.2, -0.15) is 0 Å². The van der Waals surface area contributed by atoms with Crippen molar-refractivity contribution in [1.29, 1.82) is 0 Å². The third kappa shape index (κ3) is 3.59. The summed E-state index contributed by atoms with van der Waals surface area (Å²) in [6.07, 6.45) is 1.59. The molecular formula is C10H16O5S. The van der Waals surface area contributed by atoms with E-state index in [0.717, 1.165) is 0 Å². The topological polar surface area (TPSA) is 77.5 Å². The molecule has 0 heterocycles. The van der Waals surface area contributed by atoms with E-state index in [1.165, 1.54) is 7.11 Å². The predicted octanol–water partition coefficient (Wildman–Crippen LogP) is 0.476. The number of rotatable bonds is 4. The first-order valence-corrected chi connectivity index (χ1v) is 6.97. The first-order chi connectivity index (χ1) is 7.45. The van der Waals surface area contributed by atoms with Crippen LogP contribution >= 0.6 is 0 Å². The number of Topliss-reactive ketones (excluding diaryl/α,β-unsaturated/α-hetero) is 1. The molecular weight excluding hydrogens is 232 g/mol. The zero-order chi connectivity index (χ0) is 12.2. The van der Waals surface area contributed by atoms with Crippen LogP contribution in [0.5, 0.6) is 0 Å². The molecule has 0 aromatic heterocycles. The number of esters is 1. The molecule has 1 fully saturated rings. The van der Waals surface area contributed by atoms with Crippen molar-refractivity contribution in [3.8, 4) is 0 Å². The molecule has 0 aromatic carbocycles. The average molecular weight is 248 g/mol. The van der Waals surface area contributed by atoms with Gasteiger partial charge in [-0.05, 0) is 12.8 Å². The van der Waals surface area contributed by atoms with Crippen LogP contribution in [0.25, 0.3) is 0 Å². The van der Waals surface area contributed by atoms with Gasteiger partial charge < -0.3 is 4.74 Å². The number of sulfone groups is 1. The molecule has 16 heavy (non-hydrogen) atoms. The van der Waals surface area contributed by atoms with Gasteiger partial charge >= 0.3 is 5.97 Å². The molecule has 0 N–H and O–H groups in total. The van der Waals surface area contributed by atoms with Gasteiger partial charge in [0.05, 0.1) is 24.5 Å². The second kappa shape index (κ2) is 5.43. The van der Waals surface area contributed by atoms with Gasteiger partial charge in [0.25, 0.3) is 0 Å². The van der Waals surface area contributed by atoms with Crippen LogP contribution in [0.3, 0.4) is 0 Å². The SMILES string of the molecule is COC(=O)CCS(=O)(=O)C1CCCC(=O)C1. The van der Waals surface area contributed by atoms with Crippen molar-refractivity contribution in [1.82, 2.24) is 0 Å². The molecule has 1 unspecified atom stereocenters. The zero-order valence-electron chi connectivity index (χ0n) is 9.27. The molecule has 92 valence electrons. The predicted molar refractivity (Wildman–Crippen MR) is 57.7 cm³/mol. The number of hydrogen-bond donors (Lipinski definition) is 0. The molecule has 1 aliphatic carbocycles. The van der Waals surface area contributed by atoms with Gasteiger partial charge in [0.2, 0.25) is 0 Å². The van der Waals surface area contributed by atoms with Crippen molar-refractivity contribution in [2.75, 3.05) is 12.9 Å². The van der Waals surface area contributed by atoms with Crippen molar-refractivity contribution in [3.05, 3.63) is 0 Å². The average Bonchev–Trinajstić information content (AvgIpc) is 2.26. The molecule has 1 saturated carbocycles. The highest BCUT2D eigenvalue weighted by Crippen LogP contribution is 2.22. The molecule has 5 nitrogen and oxygen atoms in total. The molecule has 0 spiro atoms. The maximum atomic E-state index is 11.8. The summed E-state index contributed by atoms with van der Waals surface area (Å²) in [4.78, 5) is 22.0. The first-order valence-electron chi connectivity index (χ1n) is 5.26. The summed E-state index contributed by atoms with van der Waals surface area (Å²) in [7, 11) is -2.12. The van der Waals surface area contributed by atoms with Crippen molar-refractivity contribution in [2.24, 2.45) is 0 Å². The van der Waals surface area contributed by atoms with E-state index in [1.807, 2.05) is 0 Å². The Balaban J connectivity index is 2.56. The van der Waals surface area contributed by atoms with E-state index in [4.69, 9.17) is 0 Å². The van der Waals surface area contributed by atoms with Crippen LogP contribution in [0.2, 0.25) is 0 Å².